The average Bonchev–Trinajstić information content (AvgIpc) is 2.74. The van der Waals surface area contributed by atoms with Crippen LogP contribution in [0.3, 0.4) is 0 Å². The van der Waals surface area contributed by atoms with Gasteiger partial charge in [0.1, 0.15) is 12.6 Å². The van der Waals surface area contributed by atoms with Gasteiger partial charge in [-0.25, -0.2) is 14.0 Å². The third kappa shape index (κ3) is 6.58. The molecule has 0 aliphatic carbocycles. The van der Waals surface area contributed by atoms with E-state index in [2.05, 4.69) is 5.32 Å². The second-order valence-electron chi connectivity index (χ2n) is 6.81. The van der Waals surface area contributed by atoms with Crippen molar-refractivity contribution >= 4 is 17.8 Å². The van der Waals surface area contributed by atoms with Crippen molar-refractivity contribution in [2.75, 3.05) is 13.7 Å². The molecule has 2 aromatic carbocycles. The standard InChI is InChI=1S/C22H24FNO6/c1-14(2)20(24-22(27)30-12-15-7-5-4-6-8-15)21(26)29-13-18(25)16-9-10-19(28-3)17(23)11-16/h4-11,14,20H,12-13H2,1-3H3,(H,24,27)/t20-/m0/s1. The fourth-order valence-electron chi connectivity index (χ4n) is 2.54. The van der Waals surface area contributed by atoms with Gasteiger partial charge in [-0.05, 0) is 29.7 Å². The van der Waals surface area contributed by atoms with Crippen LogP contribution in [-0.4, -0.2) is 37.6 Å². The normalized spacial score (nSPS) is 11.5. The first-order chi connectivity index (χ1) is 14.3. The topological polar surface area (TPSA) is 90.9 Å². The molecular weight excluding hydrogens is 393 g/mol. The fourth-order valence-corrected chi connectivity index (χ4v) is 2.54. The molecule has 1 atom stereocenters. The van der Waals surface area contributed by atoms with Gasteiger partial charge < -0.3 is 19.5 Å². The van der Waals surface area contributed by atoms with Crippen LogP contribution in [0.15, 0.2) is 48.5 Å². The third-order valence-electron chi connectivity index (χ3n) is 4.23. The maximum Gasteiger partial charge on any atom is 0.408 e. The molecule has 0 spiro atoms. The summed E-state index contributed by atoms with van der Waals surface area (Å²) in [5, 5.41) is 2.45. The lowest BCUT2D eigenvalue weighted by Gasteiger charge is -2.20. The van der Waals surface area contributed by atoms with E-state index >= 15 is 0 Å². The number of nitrogens with one attached hydrogen (secondary N) is 1. The Morgan fingerprint density at radius 2 is 1.73 bits per heavy atom. The van der Waals surface area contributed by atoms with E-state index < -0.39 is 36.3 Å². The highest BCUT2D eigenvalue weighted by Crippen LogP contribution is 2.18. The van der Waals surface area contributed by atoms with Crippen molar-refractivity contribution in [1.82, 2.24) is 5.32 Å². The number of ether oxygens (including phenoxy) is 3. The molecule has 0 bridgehead atoms. The van der Waals surface area contributed by atoms with Crippen molar-refractivity contribution in [3.05, 3.63) is 65.5 Å². The Morgan fingerprint density at radius 1 is 1.03 bits per heavy atom. The predicted octanol–water partition coefficient (Wildman–Crippen LogP) is 3.51. The summed E-state index contributed by atoms with van der Waals surface area (Å²) in [5.74, 6) is -2.38. The van der Waals surface area contributed by atoms with Gasteiger partial charge in [-0.1, -0.05) is 44.2 Å². The van der Waals surface area contributed by atoms with Gasteiger partial charge in [-0.3, -0.25) is 4.79 Å². The molecule has 0 saturated heterocycles. The number of Topliss-reactive ketones (excluding diaryl/α,β-unsaturated/α-hetero) is 1. The molecule has 0 fully saturated rings. The van der Waals surface area contributed by atoms with Gasteiger partial charge in [0.05, 0.1) is 7.11 Å². The SMILES string of the molecule is COc1ccc(C(=O)COC(=O)[C@@H](NC(=O)OCc2ccccc2)C(C)C)cc1F. The Bertz CT molecular complexity index is 884. The Kier molecular flexibility index (Phi) is 8.34. The minimum Gasteiger partial charge on any atom is -0.494 e. The highest BCUT2D eigenvalue weighted by Gasteiger charge is 2.27. The number of ketones is 1. The van der Waals surface area contributed by atoms with E-state index in [-0.39, 0.29) is 23.8 Å². The molecule has 2 rings (SSSR count). The summed E-state index contributed by atoms with van der Waals surface area (Å²) < 4.78 is 28.7. The summed E-state index contributed by atoms with van der Waals surface area (Å²) in [4.78, 5) is 36.6. The van der Waals surface area contributed by atoms with Crippen LogP contribution in [0.4, 0.5) is 9.18 Å². The maximum absolute atomic E-state index is 13.7. The number of alkyl carbamates (subject to hydrolysis) is 1. The molecule has 0 heterocycles. The summed E-state index contributed by atoms with van der Waals surface area (Å²) in [6.45, 7) is 2.89. The van der Waals surface area contributed by atoms with Crippen LogP contribution in [-0.2, 0) is 20.9 Å². The van der Waals surface area contributed by atoms with Crippen LogP contribution in [0.2, 0.25) is 0 Å². The predicted molar refractivity (Wildman–Crippen MR) is 107 cm³/mol. The van der Waals surface area contributed by atoms with Gasteiger partial charge in [0.2, 0.25) is 0 Å². The van der Waals surface area contributed by atoms with Crippen molar-refractivity contribution < 1.29 is 33.0 Å². The van der Waals surface area contributed by atoms with E-state index in [0.717, 1.165) is 11.6 Å². The highest BCUT2D eigenvalue weighted by molar-refractivity contribution is 5.98. The summed E-state index contributed by atoms with van der Waals surface area (Å²) in [6, 6.07) is 11.8. The van der Waals surface area contributed by atoms with Crippen LogP contribution < -0.4 is 10.1 Å². The first-order valence-electron chi connectivity index (χ1n) is 9.32. The molecule has 1 N–H and O–H groups in total. The van der Waals surface area contributed by atoms with Crippen LogP contribution in [0.1, 0.15) is 29.8 Å². The highest BCUT2D eigenvalue weighted by atomic mass is 19.1. The number of carbonyl (C=O) groups is 3. The first kappa shape index (κ1) is 22.9. The number of halogens is 1. The molecule has 160 valence electrons. The van der Waals surface area contributed by atoms with Crippen molar-refractivity contribution in [3.8, 4) is 5.75 Å². The first-order valence-corrected chi connectivity index (χ1v) is 9.32. The van der Waals surface area contributed by atoms with Crippen LogP contribution in [0, 0.1) is 11.7 Å². The van der Waals surface area contributed by atoms with Crippen LogP contribution in [0.25, 0.3) is 0 Å². The van der Waals surface area contributed by atoms with Crippen molar-refractivity contribution in [3.63, 3.8) is 0 Å². The summed E-state index contributed by atoms with van der Waals surface area (Å²) >= 11 is 0. The molecule has 0 aromatic heterocycles. The lowest BCUT2D eigenvalue weighted by atomic mass is 10.1. The van der Waals surface area contributed by atoms with Gasteiger partial charge in [-0.2, -0.15) is 0 Å². The molecule has 30 heavy (non-hydrogen) atoms. The molecule has 0 aliphatic rings. The third-order valence-corrected chi connectivity index (χ3v) is 4.23. The smallest absolute Gasteiger partial charge is 0.408 e. The number of hydrogen-bond acceptors (Lipinski definition) is 6. The summed E-state index contributed by atoms with van der Waals surface area (Å²) in [5.41, 5.74) is 0.839. The van der Waals surface area contributed by atoms with Gasteiger partial charge in [-0.15, -0.1) is 0 Å². The Morgan fingerprint density at radius 3 is 2.33 bits per heavy atom. The molecule has 0 saturated carbocycles. The molecule has 7 nitrogen and oxygen atoms in total. The largest absolute Gasteiger partial charge is 0.494 e. The van der Waals surface area contributed by atoms with Crippen molar-refractivity contribution in [1.29, 1.82) is 0 Å². The number of amides is 1. The molecule has 2 aromatic rings. The number of benzene rings is 2. The fraction of sp³-hybridized carbons (Fsp3) is 0.318. The van der Waals surface area contributed by atoms with Crippen LogP contribution in [0.5, 0.6) is 5.75 Å². The minimum absolute atomic E-state index is 0.00151. The molecule has 0 unspecified atom stereocenters. The quantitative estimate of drug-likeness (QED) is 0.496. The zero-order chi connectivity index (χ0) is 22.1. The van der Waals surface area contributed by atoms with Gasteiger partial charge in [0.25, 0.3) is 0 Å². The molecule has 0 aliphatic heterocycles. The molecular formula is C22H24FNO6. The Hall–Kier alpha value is -3.42. The molecule has 1 amide bonds. The van der Waals surface area contributed by atoms with Crippen LogP contribution >= 0.6 is 0 Å². The molecule has 0 radical (unpaired) electrons. The second-order valence-corrected chi connectivity index (χ2v) is 6.81. The average molecular weight is 417 g/mol. The van der Waals surface area contributed by atoms with Gasteiger partial charge in [0.15, 0.2) is 24.0 Å². The van der Waals surface area contributed by atoms with Crippen molar-refractivity contribution in [2.24, 2.45) is 5.92 Å². The van der Waals surface area contributed by atoms with Gasteiger partial charge >= 0.3 is 12.1 Å². The van der Waals surface area contributed by atoms with Crippen molar-refractivity contribution in [2.45, 2.75) is 26.5 Å². The summed E-state index contributed by atoms with van der Waals surface area (Å²) in [7, 11) is 1.31. The minimum atomic E-state index is -1.01. The maximum atomic E-state index is 13.7. The number of rotatable bonds is 9. The lowest BCUT2D eigenvalue weighted by Crippen LogP contribution is -2.45. The van der Waals surface area contributed by atoms with Gasteiger partial charge in [0, 0.05) is 5.56 Å². The second kappa shape index (κ2) is 10.9. The zero-order valence-electron chi connectivity index (χ0n) is 17.0. The lowest BCUT2D eigenvalue weighted by molar-refractivity contribution is -0.146. The van der Waals surface area contributed by atoms with E-state index in [1.807, 2.05) is 18.2 Å². The number of carbonyl (C=O) groups excluding carboxylic acids is 3. The number of methoxy groups -OCH3 is 1. The summed E-state index contributed by atoms with van der Waals surface area (Å²) in [6.07, 6.45) is -0.780. The number of hydrogen-bond donors (Lipinski definition) is 1. The van der Waals surface area contributed by atoms with E-state index in [1.54, 1.807) is 26.0 Å². The van der Waals surface area contributed by atoms with E-state index in [4.69, 9.17) is 14.2 Å². The monoisotopic (exact) mass is 417 g/mol. The Labute approximate surface area is 174 Å². The zero-order valence-corrected chi connectivity index (χ0v) is 17.0. The Balaban J connectivity index is 1.89. The number of esters is 1. The van der Waals surface area contributed by atoms with E-state index in [0.29, 0.717) is 0 Å². The van der Waals surface area contributed by atoms with E-state index in [1.165, 1.54) is 19.2 Å². The molecule has 8 heteroatoms. The van der Waals surface area contributed by atoms with E-state index in [9.17, 15) is 18.8 Å².